The summed E-state index contributed by atoms with van der Waals surface area (Å²) in [7, 11) is 1.56. The van der Waals surface area contributed by atoms with E-state index in [-0.39, 0.29) is 11.7 Å². The molecule has 0 saturated heterocycles. The molecule has 0 aliphatic heterocycles. The fraction of sp³-hybridized carbons (Fsp3) is 0.333. The van der Waals surface area contributed by atoms with Crippen molar-refractivity contribution >= 4 is 34.7 Å². The minimum Gasteiger partial charge on any atom is -0.481 e. The zero-order chi connectivity index (χ0) is 14.7. The third-order valence-electron chi connectivity index (χ3n) is 2.80. The number of thioether (sulfide) groups is 1. The molecule has 1 unspecified atom stereocenters. The summed E-state index contributed by atoms with van der Waals surface area (Å²) >= 11 is 1.08. The molecule has 0 aliphatic rings. The van der Waals surface area contributed by atoms with E-state index in [2.05, 4.69) is 15.3 Å². The van der Waals surface area contributed by atoms with Gasteiger partial charge in [-0.3, -0.25) is 14.6 Å². The number of aliphatic carboxylic acids is 1. The van der Waals surface area contributed by atoms with Crippen LogP contribution in [0.5, 0.6) is 0 Å². The lowest BCUT2D eigenvalue weighted by Gasteiger charge is -2.15. The highest BCUT2D eigenvalue weighted by molar-refractivity contribution is 7.99. The number of carboxylic acid groups (broad SMARTS) is 1. The third-order valence-corrected chi connectivity index (χ3v) is 3.73. The quantitative estimate of drug-likeness (QED) is 0.796. The molecule has 8 heteroatoms. The van der Waals surface area contributed by atoms with Crippen LogP contribution in [0, 0.1) is 0 Å². The predicted octanol–water partition coefficient (Wildman–Crippen LogP) is 0.915. The van der Waals surface area contributed by atoms with Crippen LogP contribution in [0.2, 0.25) is 0 Å². The Bertz CT molecular complexity index is 655. The molecule has 0 aliphatic carbocycles. The number of hydrogen-bond donors (Lipinski definition) is 2. The van der Waals surface area contributed by atoms with Gasteiger partial charge in [-0.05, 0) is 13.0 Å². The third kappa shape index (κ3) is 2.74. The lowest BCUT2D eigenvalue weighted by atomic mass is 10.3. The summed E-state index contributed by atoms with van der Waals surface area (Å²) in [5.41, 5.74) is 1.39. The Balaban J connectivity index is 2.49. The van der Waals surface area contributed by atoms with Crippen molar-refractivity contribution in [3.8, 4) is 0 Å². The number of carbonyl (C=O) groups is 2. The van der Waals surface area contributed by atoms with Gasteiger partial charge >= 0.3 is 5.97 Å². The van der Waals surface area contributed by atoms with E-state index in [0.717, 1.165) is 17.3 Å². The Hall–Kier alpha value is -2.09. The maximum Gasteiger partial charge on any atom is 0.313 e. The zero-order valence-electron chi connectivity index (χ0n) is 11.0. The number of amides is 1. The standard InChI is InChI=1S/C12H14N4O3S/c1-7(11(19)13-2)16-9-3-4-14-5-8(9)15-12(16)20-6-10(17)18/h3-5,7H,6H2,1-2H3,(H,13,19)(H,17,18). The first kappa shape index (κ1) is 14.3. The SMILES string of the molecule is CNC(=O)C(C)n1c(SCC(=O)O)nc2cnccc21. The Morgan fingerprint density at radius 3 is 2.95 bits per heavy atom. The van der Waals surface area contributed by atoms with Crippen molar-refractivity contribution in [2.75, 3.05) is 12.8 Å². The second-order valence-corrected chi connectivity index (χ2v) is 5.04. The van der Waals surface area contributed by atoms with Crippen LogP contribution < -0.4 is 5.32 Å². The second-order valence-electron chi connectivity index (χ2n) is 4.10. The lowest BCUT2D eigenvalue weighted by Crippen LogP contribution is -2.28. The molecule has 2 N–H and O–H groups in total. The Labute approximate surface area is 119 Å². The fourth-order valence-electron chi connectivity index (χ4n) is 1.86. The number of hydrogen-bond acceptors (Lipinski definition) is 5. The maximum atomic E-state index is 11.8. The summed E-state index contributed by atoms with van der Waals surface area (Å²) in [6, 6.07) is 1.27. The largest absolute Gasteiger partial charge is 0.481 e. The van der Waals surface area contributed by atoms with Crippen LogP contribution in [0.4, 0.5) is 0 Å². The monoisotopic (exact) mass is 294 g/mol. The molecule has 0 fully saturated rings. The van der Waals surface area contributed by atoms with E-state index in [4.69, 9.17) is 5.11 Å². The second kappa shape index (κ2) is 5.91. The van der Waals surface area contributed by atoms with Gasteiger partial charge in [0.1, 0.15) is 11.6 Å². The van der Waals surface area contributed by atoms with E-state index in [1.807, 2.05) is 0 Å². The number of carboxylic acids is 1. The molecular formula is C12H14N4O3S. The minimum atomic E-state index is -0.931. The van der Waals surface area contributed by atoms with Crippen LogP contribution in [-0.2, 0) is 9.59 Å². The van der Waals surface area contributed by atoms with Crippen LogP contribution in [-0.4, -0.2) is 44.3 Å². The maximum absolute atomic E-state index is 11.8. The Morgan fingerprint density at radius 1 is 1.55 bits per heavy atom. The van der Waals surface area contributed by atoms with E-state index in [1.54, 1.807) is 37.0 Å². The van der Waals surface area contributed by atoms with Gasteiger partial charge in [-0.15, -0.1) is 0 Å². The first-order valence-corrected chi connectivity index (χ1v) is 6.91. The highest BCUT2D eigenvalue weighted by Gasteiger charge is 2.21. The Morgan fingerprint density at radius 2 is 2.30 bits per heavy atom. The van der Waals surface area contributed by atoms with Gasteiger partial charge in [0.05, 0.1) is 17.5 Å². The number of nitrogens with zero attached hydrogens (tertiary/aromatic N) is 3. The molecule has 2 aromatic heterocycles. The summed E-state index contributed by atoms with van der Waals surface area (Å²) in [6.45, 7) is 1.74. The summed E-state index contributed by atoms with van der Waals surface area (Å²) in [5.74, 6) is -1.21. The van der Waals surface area contributed by atoms with Gasteiger partial charge in [-0.1, -0.05) is 11.8 Å². The summed E-state index contributed by atoms with van der Waals surface area (Å²) < 4.78 is 1.73. The number of imidazole rings is 1. The summed E-state index contributed by atoms with van der Waals surface area (Å²) in [5, 5.41) is 11.9. The Kier molecular flexibility index (Phi) is 4.23. The first-order chi connectivity index (χ1) is 9.54. The van der Waals surface area contributed by atoms with Crippen LogP contribution >= 0.6 is 11.8 Å². The van der Waals surface area contributed by atoms with Crippen molar-refractivity contribution in [2.45, 2.75) is 18.1 Å². The van der Waals surface area contributed by atoms with Gasteiger partial charge in [-0.25, -0.2) is 4.98 Å². The first-order valence-electron chi connectivity index (χ1n) is 5.92. The van der Waals surface area contributed by atoms with Gasteiger partial charge in [0.2, 0.25) is 5.91 Å². The topological polar surface area (TPSA) is 97.1 Å². The molecule has 0 bridgehead atoms. The predicted molar refractivity (Wildman–Crippen MR) is 74.7 cm³/mol. The number of pyridine rings is 1. The fourth-order valence-corrected chi connectivity index (χ4v) is 2.67. The average Bonchev–Trinajstić information content (AvgIpc) is 2.81. The molecule has 0 spiro atoms. The molecule has 2 heterocycles. The number of fused-ring (bicyclic) bond motifs is 1. The van der Waals surface area contributed by atoms with Gasteiger partial charge in [0.25, 0.3) is 0 Å². The smallest absolute Gasteiger partial charge is 0.313 e. The molecule has 0 radical (unpaired) electrons. The molecule has 1 atom stereocenters. The minimum absolute atomic E-state index is 0.114. The van der Waals surface area contributed by atoms with E-state index < -0.39 is 12.0 Å². The van der Waals surface area contributed by atoms with Gasteiger partial charge < -0.3 is 15.0 Å². The summed E-state index contributed by atoms with van der Waals surface area (Å²) in [4.78, 5) is 30.9. The molecule has 2 rings (SSSR count). The van der Waals surface area contributed by atoms with Gasteiger partial charge in [-0.2, -0.15) is 0 Å². The van der Waals surface area contributed by atoms with Crippen LogP contribution in [0.3, 0.4) is 0 Å². The van der Waals surface area contributed by atoms with Crippen LogP contribution in [0.25, 0.3) is 11.0 Å². The summed E-state index contributed by atoms with van der Waals surface area (Å²) in [6.07, 6.45) is 3.20. The highest BCUT2D eigenvalue weighted by Crippen LogP contribution is 2.27. The van der Waals surface area contributed by atoms with Gasteiger partial charge in [0, 0.05) is 13.2 Å². The molecule has 106 valence electrons. The average molecular weight is 294 g/mol. The molecule has 0 saturated carbocycles. The van der Waals surface area contributed by atoms with E-state index in [0.29, 0.717) is 10.7 Å². The van der Waals surface area contributed by atoms with E-state index in [1.165, 1.54) is 0 Å². The molecule has 0 aromatic carbocycles. The van der Waals surface area contributed by atoms with Crippen molar-refractivity contribution < 1.29 is 14.7 Å². The van der Waals surface area contributed by atoms with Crippen LogP contribution in [0.1, 0.15) is 13.0 Å². The zero-order valence-corrected chi connectivity index (χ0v) is 11.8. The molecule has 20 heavy (non-hydrogen) atoms. The number of aromatic nitrogens is 3. The van der Waals surface area contributed by atoms with E-state index >= 15 is 0 Å². The molecule has 1 amide bonds. The van der Waals surface area contributed by atoms with Crippen LogP contribution in [0.15, 0.2) is 23.6 Å². The van der Waals surface area contributed by atoms with Crippen molar-refractivity contribution in [2.24, 2.45) is 0 Å². The van der Waals surface area contributed by atoms with E-state index in [9.17, 15) is 9.59 Å². The normalized spacial score (nSPS) is 12.3. The molecule has 7 nitrogen and oxygen atoms in total. The number of likely N-dealkylation sites (N-methyl/N-ethyl adjacent to an activating group) is 1. The number of nitrogens with one attached hydrogen (secondary N) is 1. The number of carbonyl (C=O) groups excluding carboxylic acids is 1. The van der Waals surface area contributed by atoms with Gasteiger partial charge in [0.15, 0.2) is 5.16 Å². The molecule has 2 aromatic rings. The van der Waals surface area contributed by atoms with Crippen molar-refractivity contribution in [3.63, 3.8) is 0 Å². The van der Waals surface area contributed by atoms with Crippen molar-refractivity contribution in [1.29, 1.82) is 0 Å². The lowest BCUT2D eigenvalue weighted by molar-refractivity contribution is -0.133. The highest BCUT2D eigenvalue weighted by atomic mass is 32.2. The van der Waals surface area contributed by atoms with Crippen molar-refractivity contribution in [3.05, 3.63) is 18.5 Å². The number of rotatable bonds is 5. The molecular weight excluding hydrogens is 280 g/mol. The van der Waals surface area contributed by atoms with Crippen molar-refractivity contribution in [1.82, 2.24) is 19.9 Å².